The van der Waals surface area contributed by atoms with Gasteiger partial charge in [-0.15, -0.1) is 0 Å². The third-order valence-corrected chi connectivity index (χ3v) is 4.39. The summed E-state index contributed by atoms with van der Waals surface area (Å²) >= 11 is 0. The van der Waals surface area contributed by atoms with Crippen LogP contribution in [-0.2, 0) is 16.1 Å². The maximum atomic E-state index is 11.7. The van der Waals surface area contributed by atoms with Crippen molar-refractivity contribution >= 4 is 6.09 Å². The van der Waals surface area contributed by atoms with Gasteiger partial charge in [-0.3, -0.25) is 0 Å². The summed E-state index contributed by atoms with van der Waals surface area (Å²) < 4.78 is 10.6. The first kappa shape index (κ1) is 15.3. The minimum absolute atomic E-state index is 0.237. The molecular formula is C17H24N2O3. The van der Waals surface area contributed by atoms with Crippen LogP contribution in [0.15, 0.2) is 30.3 Å². The number of hydrogen-bond acceptors (Lipinski definition) is 4. The monoisotopic (exact) mass is 304 g/mol. The number of carbonyl (C=O) groups excluding carboxylic acids is 1. The van der Waals surface area contributed by atoms with Gasteiger partial charge in [0.25, 0.3) is 0 Å². The fraction of sp³-hybridized carbons (Fsp3) is 0.588. The van der Waals surface area contributed by atoms with Crippen LogP contribution in [0.25, 0.3) is 0 Å². The summed E-state index contributed by atoms with van der Waals surface area (Å²) in [6.07, 6.45) is 2.80. The molecule has 1 aliphatic heterocycles. The summed E-state index contributed by atoms with van der Waals surface area (Å²) in [6, 6.07) is 10.5. The summed E-state index contributed by atoms with van der Waals surface area (Å²) in [5.74, 6) is 0.655. The van der Waals surface area contributed by atoms with Crippen molar-refractivity contribution in [3.05, 3.63) is 35.9 Å². The van der Waals surface area contributed by atoms with E-state index in [9.17, 15) is 4.79 Å². The van der Waals surface area contributed by atoms with Crippen molar-refractivity contribution in [3.8, 4) is 0 Å². The molecule has 1 saturated carbocycles. The average molecular weight is 304 g/mol. The molecule has 1 amide bonds. The van der Waals surface area contributed by atoms with Crippen LogP contribution in [0.3, 0.4) is 0 Å². The first-order chi connectivity index (χ1) is 10.8. The van der Waals surface area contributed by atoms with Crippen molar-refractivity contribution in [3.63, 3.8) is 0 Å². The molecule has 1 aromatic rings. The van der Waals surface area contributed by atoms with Gasteiger partial charge in [0.15, 0.2) is 0 Å². The van der Waals surface area contributed by atoms with E-state index in [4.69, 9.17) is 9.47 Å². The molecule has 0 spiro atoms. The summed E-state index contributed by atoms with van der Waals surface area (Å²) in [6.45, 7) is 3.13. The van der Waals surface area contributed by atoms with Gasteiger partial charge in [0, 0.05) is 25.2 Å². The fourth-order valence-corrected chi connectivity index (χ4v) is 2.91. The number of nitrogens with one attached hydrogen (secondary N) is 2. The summed E-state index contributed by atoms with van der Waals surface area (Å²) in [4.78, 5) is 11.7. The molecule has 3 rings (SSSR count). The zero-order chi connectivity index (χ0) is 15.2. The zero-order valence-corrected chi connectivity index (χ0v) is 12.8. The first-order valence-electron chi connectivity index (χ1n) is 8.08. The van der Waals surface area contributed by atoms with E-state index in [0.29, 0.717) is 18.6 Å². The van der Waals surface area contributed by atoms with Crippen LogP contribution >= 0.6 is 0 Å². The Balaban J connectivity index is 1.26. The molecule has 2 aliphatic rings. The van der Waals surface area contributed by atoms with E-state index >= 15 is 0 Å². The molecule has 0 radical (unpaired) electrons. The molecule has 120 valence electrons. The van der Waals surface area contributed by atoms with Crippen LogP contribution in [0, 0.1) is 5.92 Å². The largest absolute Gasteiger partial charge is 0.445 e. The Bertz CT molecular complexity index is 468. The molecule has 1 aliphatic carbocycles. The second-order valence-electron chi connectivity index (χ2n) is 6.21. The molecule has 1 atom stereocenters. The second-order valence-corrected chi connectivity index (χ2v) is 6.21. The van der Waals surface area contributed by atoms with Crippen LogP contribution in [0.1, 0.15) is 24.8 Å². The highest BCUT2D eigenvalue weighted by molar-refractivity contribution is 5.67. The van der Waals surface area contributed by atoms with E-state index in [1.54, 1.807) is 0 Å². The fourth-order valence-electron chi connectivity index (χ4n) is 2.91. The smallest absolute Gasteiger partial charge is 0.407 e. The molecule has 1 aromatic carbocycles. The van der Waals surface area contributed by atoms with Gasteiger partial charge in [-0.05, 0) is 30.7 Å². The van der Waals surface area contributed by atoms with E-state index < -0.39 is 0 Å². The predicted octanol–water partition coefficient (Wildman–Crippen LogP) is 2.07. The van der Waals surface area contributed by atoms with Gasteiger partial charge in [-0.25, -0.2) is 4.79 Å². The first-order valence-corrected chi connectivity index (χ1v) is 8.08. The van der Waals surface area contributed by atoms with Gasteiger partial charge in [-0.2, -0.15) is 0 Å². The normalized spacial score (nSPS) is 27.2. The summed E-state index contributed by atoms with van der Waals surface area (Å²) in [5.41, 5.74) is 1.00. The lowest BCUT2D eigenvalue weighted by Crippen LogP contribution is -2.53. The van der Waals surface area contributed by atoms with Gasteiger partial charge in [-0.1, -0.05) is 30.3 Å². The highest BCUT2D eigenvalue weighted by Crippen LogP contribution is 2.21. The third kappa shape index (κ3) is 4.45. The minimum atomic E-state index is -0.323. The molecule has 2 fully saturated rings. The number of amides is 1. The topological polar surface area (TPSA) is 59.6 Å². The van der Waals surface area contributed by atoms with Gasteiger partial charge in [0.05, 0.1) is 6.61 Å². The van der Waals surface area contributed by atoms with E-state index in [0.717, 1.165) is 44.6 Å². The van der Waals surface area contributed by atoms with E-state index in [1.165, 1.54) is 0 Å². The van der Waals surface area contributed by atoms with Crippen LogP contribution < -0.4 is 10.6 Å². The Kier molecular flexibility index (Phi) is 5.29. The highest BCUT2D eigenvalue weighted by atomic mass is 16.5. The Labute approximate surface area is 131 Å². The standard InChI is InChI=1S/C17H24N2O3/c20-17(22-12-13-4-2-1-3-5-13)19-16-8-15(9-16)18-10-14-6-7-21-11-14/h1-5,14-16,18H,6-12H2,(H,19,20). The van der Waals surface area contributed by atoms with Crippen molar-refractivity contribution in [2.75, 3.05) is 19.8 Å². The summed E-state index contributed by atoms with van der Waals surface area (Å²) in [5, 5.41) is 6.47. The quantitative estimate of drug-likeness (QED) is 0.845. The lowest BCUT2D eigenvalue weighted by molar-refractivity contribution is 0.125. The number of alkyl carbamates (subject to hydrolysis) is 1. The van der Waals surface area contributed by atoms with Crippen molar-refractivity contribution < 1.29 is 14.3 Å². The van der Waals surface area contributed by atoms with E-state index in [2.05, 4.69) is 10.6 Å². The average Bonchev–Trinajstić information content (AvgIpc) is 3.01. The SMILES string of the molecule is O=C(NC1CC(NCC2CCOC2)C1)OCc1ccccc1. The van der Waals surface area contributed by atoms with Crippen LogP contribution in [0.5, 0.6) is 0 Å². The Morgan fingerprint density at radius 3 is 2.77 bits per heavy atom. The molecule has 0 bridgehead atoms. The molecule has 1 heterocycles. The zero-order valence-electron chi connectivity index (χ0n) is 12.8. The van der Waals surface area contributed by atoms with E-state index in [1.807, 2.05) is 30.3 Å². The van der Waals surface area contributed by atoms with Gasteiger partial charge < -0.3 is 20.1 Å². The molecule has 22 heavy (non-hydrogen) atoms. The molecule has 2 N–H and O–H groups in total. The number of benzene rings is 1. The number of hydrogen-bond donors (Lipinski definition) is 2. The van der Waals surface area contributed by atoms with Crippen LogP contribution in [-0.4, -0.2) is 37.9 Å². The molecular weight excluding hydrogens is 280 g/mol. The molecule has 5 heteroatoms. The lowest BCUT2D eigenvalue weighted by atomic mass is 9.86. The lowest BCUT2D eigenvalue weighted by Gasteiger charge is -2.36. The molecule has 1 unspecified atom stereocenters. The van der Waals surface area contributed by atoms with Crippen LogP contribution in [0.4, 0.5) is 4.79 Å². The van der Waals surface area contributed by atoms with Gasteiger partial charge in [0.1, 0.15) is 6.61 Å². The maximum Gasteiger partial charge on any atom is 0.407 e. The Morgan fingerprint density at radius 2 is 2.05 bits per heavy atom. The Morgan fingerprint density at radius 1 is 1.23 bits per heavy atom. The van der Waals surface area contributed by atoms with Crippen LogP contribution in [0.2, 0.25) is 0 Å². The van der Waals surface area contributed by atoms with Gasteiger partial charge >= 0.3 is 6.09 Å². The van der Waals surface area contributed by atoms with Crippen molar-refractivity contribution in [2.45, 2.75) is 38.0 Å². The number of rotatable bonds is 6. The van der Waals surface area contributed by atoms with Crippen molar-refractivity contribution in [1.29, 1.82) is 0 Å². The number of ether oxygens (including phenoxy) is 2. The van der Waals surface area contributed by atoms with E-state index in [-0.39, 0.29) is 12.1 Å². The minimum Gasteiger partial charge on any atom is -0.445 e. The highest BCUT2D eigenvalue weighted by Gasteiger charge is 2.31. The summed E-state index contributed by atoms with van der Waals surface area (Å²) in [7, 11) is 0. The van der Waals surface area contributed by atoms with Crippen molar-refractivity contribution in [2.24, 2.45) is 5.92 Å². The number of carbonyl (C=O) groups is 1. The van der Waals surface area contributed by atoms with Gasteiger partial charge in [0.2, 0.25) is 0 Å². The molecule has 5 nitrogen and oxygen atoms in total. The predicted molar refractivity (Wildman–Crippen MR) is 83.5 cm³/mol. The van der Waals surface area contributed by atoms with Crippen molar-refractivity contribution in [1.82, 2.24) is 10.6 Å². The maximum absolute atomic E-state index is 11.7. The third-order valence-electron chi connectivity index (χ3n) is 4.39. The second kappa shape index (κ2) is 7.61. The molecule has 0 aromatic heterocycles. The molecule has 1 saturated heterocycles. The Hall–Kier alpha value is -1.59.